The average Bonchev–Trinajstić information content (AvgIpc) is 2.46. The van der Waals surface area contributed by atoms with Crippen molar-refractivity contribution >= 4 is 21.6 Å². The predicted molar refractivity (Wildman–Crippen MR) is 59.1 cm³/mol. The van der Waals surface area contributed by atoms with E-state index in [-0.39, 0.29) is 11.3 Å². The van der Waals surface area contributed by atoms with Crippen molar-refractivity contribution in [3.05, 3.63) is 0 Å². The fourth-order valence-electron chi connectivity index (χ4n) is 1.79. The summed E-state index contributed by atoms with van der Waals surface area (Å²) in [5, 5.41) is -0.349. The lowest BCUT2D eigenvalue weighted by molar-refractivity contribution is 0.371. The molecule has 0 bridgehead atoms. The van der Waals surface area contributed by atoms with Crippen LogP contribution < -0.4 is 0 Å². The molecule has 5 heteroatoms. The molecule has 0 saturated carbocycles. The smallest absolute Gasteiger partial charge is 0.212 e. The second-order valence-corrected chi connectivity index (χ2v) is 6.94. The van der Waals surface area contributed by atoms with E-state index in [2.05, 4.69) is 6.92 Å². The molecular weight excluding hydrogens is 222 g/mol. The number of alkyl halides is 1. The van der Waals surface area contributed by atoms with E-state index in [9.17, 15) is 8.42 Å². The van der Waals surface area contributed by atoms with Gasteiger partial charge in [-0.15, -0.1) is 11.6 Å². The van der Waals surface area contributed by atoms with E-state index in [4.69, 9.17) is 11.6 Å². The summed E-state index contributed by atoms with van der Waals surface area (Å²) in [7, 11) is -3.12. The van der Waals surface area contributed by atoms with Crippen molar-refractivity contribution in [3.8, 4) is 0 Å². The van der Waals surface area contributed by atoms with Gasteiger partial charge in [-0.05, 0) is 26.2 Å². The largest absolute Gasteiger partial charge is 0.216 e. The Bertz CT molecular complexity index is 289. The van der Waals surface area contributed by atoms with Gasteiger partial charge in [-0.2, -0.15) is 4.31 Å². The van der Waals surface area contributed by atoms with Crippen molar-refractivity contribution < 1.29 is 8.42 Å². The first kappa shape index (κ1) is 12.3. The minimum atomic E-state index is -3.12. The fourth-order valence-corrected chi connectivity index (χ4v) is 3.90. The summed E-state index contributed by atoms with van der Waals surface area (Å²) in [4.78, 5) is 0. The van der Waals surface area contributed by atoms with Crippen LogP contribution in [0.2, 0.25) is 0 Å². The summed E-state index contributed by atoms with van der Waals surface area (Å²) in [5.74, 6) is 0.772. The third-order valence-corrected chi connectivity index (χ3v) is 5.53. The zero-order valence-corrected chi connectivity index (χ0v) is 10.5. The molecule has 1 saturated heterocycles. The Morgan fingerprint density at radius 3 is 2.50 bits per heavy atom. The molecule has 1 aliphatic heterocycles. The van der Waals surface area contributed by atoms with E-state index in [1.807, 2.05) is 0 Å². The molecule has 1 rings (SSSR count). The van der Waals surface area contributed by atoms with Crippen LogP contribution in [0.3, 0.4) is 0 Å². The molecule has 0 amide bonds. The first-order chi connectivity index (χ1) is 6.41. The highest BCUT2D eigenvalue weighted by Gasteiger charge is 2.39. The Balaban J connectivity index is 2.89. The van der Waals surface area contributed by atoms with Crippen molar-refractivity contribution in [2.45, 2.75) is 38.5 Å². The van der Waals surface area contributed by atoms with Gasteiger partial charge in [0.05, 0.1) is 5.25 Å². The maximum Gasteiger partial charge on any atom is 0.216 e. The van der Waals surface area contributed by atoms with Gasteiger partial charge in [-0.25, -0.2) is 8.42 Å². The highest BCUT2D eigenvalue weighted by molar-refractivity contribution is 7.89. The molecule has 1 aliphatic rings. The highest BCUT2D eigenvalue weighted by atomic mass is 35.5. The van der Waals surface area contributed by atoms with Crippen LogP contribution in [0.1, 0.15) is 27.2 Å². The summed E-state index contributed by atoms with van der Waals surface area (Å²) in [6, 6.07) is -0.0101. The second-order valence-electron chi connectivity index (χ2n) is 4.19. The highest BCUT2D eigenvalue weighted by Crippen LogP contribution is 2.28. The van der Waals surface area contributed by atoms with E-state index >= 15 is 0 Å². The Labute approximate surface area is 91.5 Å². The van der Waals surface area contributed by atoms with Crippen LogP contribution in [0.5, 0.6) is 0 Å². The molecular formula is C9H18ClNO2S. The van der Waals surface area contributed by atoms with E-state index in [0.29, 0.717) is 18.3 Å². The standard InChI is InChI=1S/C9H18ClNO2S/c1-7(2)14(12,13)11-5-4-8(3)9(11)6-10/h7-9H,4-6H2,1-3H3. The van der Waals surface area contributed by atoms with E-state index in [1.54, 1.807) is 18.2 Å². The normalized spacial score (nSPS) is 30.1. The van der Waals surface area contributed by atoms with Gasteiger partial charge in [0, 0.05) is 18.5 Å². The number of hydrogen-bond donors (Lipinski definition) is 0. The minimum absolute atomic E-state index is 0.0101. The molecule has 2 atom stereocenters. The average molecular weight is 240 g/mol. The Morgan fingerprint density at radius 2 is 2.07 bits per heavy atom. The third kappa shape index (κ3) is 2.07. The summed E-state index contributed by atoms with van der Waals surface area (Å²) in [6.45, 7) is 6.11. The topological polar surface area (TPSA) is 37.4 Å². The number of sulfonamides is 1. The lowest BCUT2D eigenvalue weighted by Gasteiger charge is -2.26. The molecule has 1 heterocycles. The van der Waals surface area contributed by atoms with Gasteiger partial charge in [0.25, 0.3) is 0 Å². The van der Waals surface area contributed by atoms with Crippen LogP contribution in [0.15, 0.2) is 0 Å². The zero-order chi connectivity index (χ0) is 10.9. The van der Waals surface area contributed by atoms with Crippen molar-refractivity contribution in [2.24, 2.45) is 5.92 Å². The van der Waals surface area contributed by atoms with E-state index < -0.39 is 10.0 Å². The van der Waals surface area contributed by atoms with Gasteiger partial charge in [0.15, 0.2) is 0 Å². The van der Waals surface area contributed by atoms with E-state index in [1.165, 1.54) is 0 Å². The van der Waals surface area contributed by atoms with Crippen LogP contribution in [-0.4, -0.2) is 36.4 Å². The van der Waals surface area contributed by atoms with Crippen molar-refractivity contribution in [3.63, 3.8) is 0 Å². The molecule has 0 aromatic carbocycles. The molecule has 2 unspecified atom stereocenters. The predicted octanol–water partition coefficient (Wildman–Crippen LogP) is 1.67. The minimum Gasteiger partial charge on any atom is -0.212 e. The molecule has 1 fully saturated rings. The van der Waals surface area contributed by atoms with Crippen LogP contribution >= 0.6 is 11.6 Å². The Hall–Kier alpha value is 0.200. The maximum atomic E-state index is 11.9. The quantitative estimate of drug-likeness (QED) is 0.703. The van der Waals surface area contributed by atoms with Crippen molar-refractivity contribution in [2.75, 3.05) is 12.4 Å². The molecule has 84 valence electrons. The number of halogens is 1. The Kier molecular flexibility index (Phi) is 3.83. The lowest BCUT2D eigenvalue weighted by atomic mass is 10.1. The van der Waals surface area contributed by atoms with Gasteiger partial charge >= 0.3 is 0 Å². The SMILES string of the molecule is CC1CCN(S(=O)(=O)C(C)C)C1CCl. The van der Waals surface area contributed by atoms with Gasteiger partial charge < -0.3 is 0 Å². The second kappa shape index (κ2) is 4.37. The molecule has 0 aromatic rings. The summed E-state index contributed by atoms with van der Waals surface area (Å²) < 4.78 is 25.4. The number of rotatable bonds is 3. The first-order valence-corrected chi connectivity index (χ1v) is 7.01. The Morgan fingerprint density at radius 1 is 1.50 bits per heavy atom. The van der Waals surface area contributed by atoms with Gasteiger partial charge in [-0.1, -0.05) is 6.92 Å². The fraction of sp³-hybridized carbons (Fsp3) is 1.00. The van der Waals surface area contributed by atoms with Crippen molar-refractivity contribution in [1.82, 2.24) is 4.31 Å². The van der Waals surface area contributed by atoms with Crippen LogP contribution in [0, 0.1) is 5.92 Å². The zero-order valence-electron chi connectivity index (χ0n) is 8.90. The molecule has 0 N–H and O–H groups in total. The number of nitrogens with zero attached hydrogens (tertiary/aromatic N) is 1. The van der Waals surface area contributed by atoms with Crippen LogP contribution in [-0.2, 0) is 10.0 Å². The monoisotopic (exact) mass is 239 g/mol. The van der Waals surface area contributed by atoms with Gasteiger partial charge in [0.2, 0.25) is 10.0 Å². The first-order valence-electron chi connectivity index (χ1n) is 4.98. The third-order valence-electron chi connectivity index (χ3n) is 2.91. The summed E-state index contributed by atoms with van der Waals surface area (Å²) in [6.07, 6.45) is 0.920. The van der Waals surface area contributed by atoms with Crippen LogP contribution in [0.4, 0.5) is 0 Å². The molecule has 3 nitrogen and oxygen atoms in total. The molecule has 0 spiro atoms. The summed E-state index contributed by atoms with van der Waals surface area (Å²) >= 11 is 5.80. The van der Waals surface area contributed by atoms with Crippen LogP contribution in [0.25, 0.3) is 0 Å². The van der Waals surface area contributed by atoms with Crippen molar-refractivity contribution in [1.29, 1.82) is 0 Å². The van der Waals surface area contributed by atoms with Gasteiger partial charge in [0.1, 0.15) is 0 Å². The molecule has 14 heavy (non-hydrogen) atoms. The molecule has 0 radical (unpaired) electrons. The lowest BCUT2D eigenvalue weighted by Crippen LogP contribution is -2.42. The van der Waals surface area contributed by atoms with E-state index in [0.717, 1.165) is 6.42 Å². The number of hydrogen-bond acceptors (Lipinski definition) is 2. The maximum absolute atomic E-state index is 11.9. The molecule has 0 aromatic heterocycles. The van der Waals surface area contributed by atoms with Gasteiger partial charge in [-0.3, -0.25) is 0 Å². The summed E-state index contributed by atoms with van der Waals surface area (Å²) in [5.41, 5.74) is 0. The molecule has 0 aliphatic carbocycles.